The van der Waals surface area contributed by atoms with Gasteiger partial charge in [0.05, 0.1) is 13.7 Å². The van der Waals surface area contributed by atoms with Gasteiger partial charge in [0, 0.05) is 6.42 Å². The van der Waals surface area contributed by atoms with E-state index in [1.165, 1.54) is 25.5 Å². The molecule has 4 heteroatoms. The molecule has 1 unspecified atom stereocenters. The Labute approximate surface area is 113 Å². The van der Waals surface area contributed by atoms with E-state index in [0.717, 1.165) is 36.8 Å². The summed E-state index contributed by atoms with van der Waals surface area (Å²) in [5.74, 6) is 1.44. The van der Waals surface area contributed by atoms with E-state index in [9.17, 15) is 4.79 Å². The molecule has 1 aromatic carbocycles. The molecule has 1 aliphatic heterocycles. The number of hydrogen-bond acceptors (Lipinski definition) is 4. The molecular weight excluding hydrogens is 242 g/mol. The van der Waals surface area contributed by atoms with Crippen molar-refractivity contribution in [3.05, 3.63) is 29.3 Å². The summed E-state index contributed by atoms with van der Waals surface area (Å²) in [4.78, 5) is 11.9. The van der Waals surface area contributed by atoms with Crippen LogP contribution in [0.5, 0.6) is 5.75 Å². The standard InChI is InChI=1S/C15H19NO3/c1-18-15(17)14(16-9-10-2-3-10)12-4-5-13-11(8-12)6-7-19-13/h4-5,8,10,14,16H,2-3,6-7,9H2,1H3. The Bertz CT molecular complexity index is 482. The van der Waals surface area contributed by atoms with Gasteiger partial charge in [-0.25, -0.2) is 4.79 Å². The van der Waals surface area contributed by atoms with Crippen molar-refractivity contribution < 1.29 is 14.3 Å². The summed E-state index contributed by atoms with van der Waals surface area (Å²) in [6.07, 6.45) is 3.44. The van der Waals surface area contributed by atoms with E-state index < -0.39 is 0 Å². The van der Waals surface area contributed by atoms with Gasteiger partial charge in [0.25, 0.3) is 0 Å². The van der Waals surface area contributed by atoms with E-state index >= 15 is 0 Å². The summed E-state index contributed by atoms with van der Waals surface area (Å²) in [5, 5.41) is 3.32. The molecule has 4 nitrogen and oxygen atoms in total. The topological polar surface area (TPSA) is 47.6 Å². The molecule has 3 rings (SSSR count). The molecule has 0 amide bonds. The zero-order chi connectivity index (χ0) is 13.2. The second kappa shape index (κ2) is 5.21. The molecule has 1 aromatic rings. The maximum Gasteiger partial charge on any atom is 0.327 e. The minimum Gasteiger partial charge on any atom is -0.493 e. The summed E-state index contributed by atoms with van der Waals surface area (Å²) in [6.45, 7) is 1.62. The molecule has 1 atom stereocenters. The first-order valence-electron chi connectivity index (χ1n) is 6.85. The van der Waals surface area contributed by atoms with Crippen molar-refractivity contribution in [2.75, 3.05) is 20.3 Å². The minimum absolute atomic E-state index is 0.223. The lowest BCUT2D eigenvalue weighted by Gasteiger charge is -2.17. The number of carbonyl (C=O) groups is 1. The summed E-state index contributed by atoms with van der Waals surface area (Å²) in [6, 6.07) is 5.60. The van der Waals surface area contributed by atoms with E-state index in [1.54, 1.807) is 0 Å². The highest BCUT2D eigenvalue weighted by molar-refractivity contribution is 5.77. The number of hydrogen-bond donors (Lipinski definition) is 1. The van der Waals surface area contributed by atoms with Crippen LogP contribution in [0.4, 0.5) is 0 Å². The Balaban J connectivity index is 1.78. The highest BCUT2D eigenvalue weighted by Crippen LogP contribution is 2.31. The second-order valence-electron chi connectivity index (χ2n) is 5.27. The predicted octanol–water partition coefficient (Wildman–Crippen LogP) is 1.84. The van der Waals surface area contributed by atoms with Crippen LogP contribution in [-0.2, 0) is 16.0 Å². The number of esters is 1. The van der Waals surface area contributed by atoms with Gasteiger partial charge in [-0.05, 0) is 48.6 Å². The number of nitrogens with one attached hydrogen (secondary N) is 1. The maximum atomic E-state index is 11.9. The minimum atomic E-state index is -0.364. The van der Waals surface area contributed by atoms with Crippen molar-refractivity contribution in [3.63, 3.8) is 0 Å². The van der Waals surface area contributed by atoms with Crippen molar-refractivity contribution in [2.45, 2.75) is 25.3 Å². The van der Waals surface area contributed by atoms with Crippen LogP contribution >= 0.6 is 0 Å². The van der Waals surface area contributed by atoms with Gasteiger partial charge in [-0.3, -0.25) is 0 Å². The highest BCUT2D eigenvalue weighted by atomic mass is 16.5. The smallest absolute Gasteiger partial charge is 0.327 e. The molecule has 0 saturated heterocycles. The van der Waals surface area contributed by atoms with E-state index in [-0.39, 0.29) is 12.0 Å². The van der Waals surface area contributed by atoms with Gasteiger partial charge >= 0.3 is 5.97 Å². The summed E-state index contributed by atoms with van der Waals surface area (Å²) >= 11 is 0. The molecule has 1 N–H and O–H groups in total. The van der Waals surface area contributed by atoms with E-state index in [4.69, 9.17) is 9.47 Å². The molecule has 1 fully saturated rings. The quantitative estimate of drug-likeness (QED) is 0.822. The third kappa shape index (κ3) is 2.73. The van der Waals surface area contributed by atoms with Gasteiger partial charge in [0.15, 0.2) is 0 Å². The van der Waals surface area contributed by atoms with Crippen molar-refractivity contribution in [2.24, 2.45) is 5.92 Å². The molecule has 2 aliphatic rings. The third-order valence-corrected chi connectivity index (χ3v) is 3.79. The van der Waals surface area contributed by atoms with Crippen LogP contribution in [0.1, 0.15) is 30.0 Å². The first-order chi connectivity index (χ1) is 9.28. The van der Waals surface area contributed by atoms with E-state index in [1.807, 2.05) is 12.1 Å². The maximum absolute atomic E-state index is 11.9. The SMILES string of the molecule is COC(=O)C(NCC1CC1)c1ccc2c(c1)CCO2. The Kier molecular flexibility index (Phi) is 3.42. The van der Waals surface area contributed by atoms with Crippen LogP contribution in [-0.4, -0.2) is 26.2 Å². The highest BCUT2D eigenvalue weighted by Gasteiger charge is 2.27. The first-order valence-corrected chi connectivity index (χ1v) is 6.85. The summed E-state index contributed by atoms with van der Waals surface area (Å²) in [5.41, 5.74) is 2.15. The monoisotopic (exact) mass is 261 g/mol. The van der Waals surface area contributed by atoms with Gasteiger partial charge in [-0.1, -0.05) is 6.07 Å². The zero-order valence-corrected chi connectivity index (χ0v) is 11.1. The molecule has 0 spiro atoms. The van der Waals surface area contributed by atoms with Gasteiger partial charge < -0.3 is 14.8 Å². The van der Waals surface area contributed by atoms with Crippen molar-refractivity contribution in [3.8, 4) is 5.75 Å². The zero-order valence-electron chi connectivity index (χ0n) is 11.1. The molecule has 102 valence electrons. The lowest BCUT2D eigenvalue weighted by atomic mass is 10.0. The van der Waals surface area contributed by atoms with Crippen LogP contribution in [0.3, 0.4) is 0 Å². The molecule has 0 radical (unpaired) electrons. The summed E-state index contributed by atoms with van der Waals surface area (Å²) in [7, 11) is 1.44. The number of carbonyl (C=O) groups excluding carboxylic acids is 1. The van der Waals surface area contributed by atoms with Crippen molar-refractivity contribution in [1.29, 1.82) is 0 Å². The van der Waals surface area contributed by atoms with Gasteiger partial charge in [0.1, 0.15) is 11.8 Å². The molecular formula is C15H19NO3. The normalized spacial score (nSPS) is 18.6. The fraction of sp³-hybridized carbons (Fsp3) is 0.533. The molecule has 1 aliphatic carbocycles. The Morgan fingerprint density at radius 1 is 1.53 bits per heavy atom. The van der Waals surface area contributed by atoms with E-state index in [0.29, 0.717) is 0 Å². The lowest BCUT2D eigenvalue weighted by molar-refractivity contribution is -0.143. The average molecular weight is 261 g/mol. The summed E-state index contributed by atoms with van der Waals surface area (Å²) < 4.78 is 10.4. The van der Waals surface area contributed by atoms with Crippen molar-refractivity contribution in [1.82, 2.24) is 5.32 Å². The molecule has 0 bridgehead atoms. The molecule has 19 heavy (non-hydrogen) atoms. The first kappa shape index (κ1) is 12.5. The Hall–Kier alpha value is -1.55. The average Bonchev–Trinajstić information content (AvgIpc) is 3.14. The number of benzene rings is 1. The van der Waals surface area contributed by atoms with Crippen LogP contribution < -0.4 is 10.1 Å². The molecule has 0 aromatic heterocycles. The third-order valence-electron chi connectivity index (χ3n) is 3.79. The number of methoxy groups -OCH3 is 1. The lowest BCUT2D eigenvalue weighted by Crippen LogP contribution is -2.31. The fourth-order valence-electron chi connectivity index (χ4n) is 2.45. The Morgan fingerprint density at radius 3 is 3.11 bits per heavy atom. The van der Waals surface area contributed by atoms with Crippen LogP contribution in [0.25, 0.3) is 0 Å². The van der Waals surface area contributed by atoms with E-state index in [2.05, 4.69) is 11.4 Å². The van der Waals surface area contributed by atoms with Crippen LogP contribution in [0.2, 0.25) is 0 Å². The van der Waals surface area contributed by atoms with Gasteiger partial charge in [-0.2, -0.15) is 0 Å². The van der Waals surface area contributed by atoms with Crippen LogP contribution in [0.15, 0.2) is 18.2 Å². The largest absolute Gasteiger partial charge is 0.493 e. The Morgan fingerprint density at radius 2 is 2.37 bits per heavy atom. The number of rotatable bonds is 5. The molecule has 1 heterocycles. The predicted molar refractivity (Wildman–Crippen MR) is 71.1 cm³/mol. The van der Waals surface area contributed by atoms with Gasteiger partial charge in [0.2, 0.25) is 0 Å². The number of fused-ring (bicyclic) bond motifs is 1. The molecule has 1 saturated carbocycles. The number of ether oxygens (including phenoxy) is 2. The van der Waals surface area contributed by atoms with Gasteiger partial charge in [-0.15, -0.1) is 0 Å². The second-order valence-corrected chi connectivity index (χ2v) is 5.27. The fourth-order valence-corrected chi connectivity index (χ4v) is 2.45. The van der Waals surface area contributed by atoms with Crippen molar-refractivity contribution >= 4 is 5.97 Å². The van der Waals surface area contributed by atoms with Crippen LogP contribution in [0, 0.1) is 5.92 Å².